The number of hydrogen-bond donors (Lipinski definition) is 0. The third-order valence-electron chi connectivity index (χ3n) is 4.40. The summed E-state index contributed by atoms with van der Waals surface area (Å²) in [5.74, 6) is 1.01. The van der Waals surface area contributed by atoms with Gasteiger partial charge in [0.2, 0.25) is 0 Å². The molecule has 1 saturated heterocycles. The Kier molecular flexibility index (Phi) is 3.82. The summed E-state index contributed by atoms with van der Waals surface area (Å²) in [6.45, 7) is 6.06. The van der Waals surface area contributed by atoms with Crippen LogP contribution in [0.1, 0.15) is 30.4 Å². The zero-order chi connectivity index (χ0) is 14.8. The molecule has 0 amide bonds. The van der Waals surface area contributed by atoms with E-state index in [0.717, 1.165) is 50.8 Å². The van der Waals surface area contributed by atoms with Gasteiger partial charge in [-0.15, -0.1) is 5.10 Å². The Labute approximate surface area is 129 Å². The van der Waals surface area contributed by atoms with E-state index in [4.69, 9.17) is 0 Å². The Morgan fingerprint density at radius 1 is 1.00 bits per heavy atom. The van der Waals surface area contributed by atoms with Crippen LogP contribution in [0, 0.1) is 0 Å². The van der Waals surface area contributed by atoms with Crippen molar-refractivity contribution in [3.63, 3.8) is 0 Å². The fourth-order valence-electron chi connectivity index (χ4n) is 2.95. The van der Waals surface area contributed by atoms with Gasteiger partial charge in [-0.05, 0) is 35.4 Å². The average molecular weight is 299 g/mol. The van der Waals surface area contributed by atoms with Gasteiger partial charge >= 0.3 is 0 Å². The number of aromatic nitrogens is 5. The number of rotatable bonds is 5. The first-order chi connectivity index (χ1) is 10.9. The monoisotopic (exact) mass is 299 g/mol. The van der Waals surface area contributed by atoms with Crippen LogP contribution in [0.3, 0.4) is 0 Å². The predicted molar refractivity (Wildman–Crippen MR) is 80.9 cm³/mol. The average Bonchev–Trinajstić information content (AvgIpc) is 3.30. The van der Waals surface area contributed by atoms with Crippen molar-refractivity contribution in [3.8, 4) is 0 Å². The quantitative estimate of drug-likeness (QED) is 0.811. The molecule has 0 unspecified atom stereocenters. The molecule has 2 aromatic heterocycles. The van der Waals surface area contributed by atoms with Gasteiger partial charge in [0.05, 0.1) is 18.3 Å². The molecule has 1 aliphatic heterocycles. The smallest absolute Gasteiger partial charge is 0.165 e. The highest BCUT2D eigenvalue weighted by atomic mass is 15.6. The van der Waals surface area contributed by atoms with Crippen molar-refractivity contribution >= 4 is 0 Å². The lowest BCUT2D eigenvalue weighted by Gasteiger charge is -2.34. The summed E-state index contributed by atoms with van der Waals surface area (Å²) in [4.78, 5) is 9.31. The Bertz CT molecular complexity index is 599. The fraction of sp³-hybridized carbons (Fsp3) is 0.600. The van der Waals surface area contributed by atoms with Crippen LogP contribution < -0.4 is 0 Å². The number of pyridine rings is 1. The SMILES string of the molecule is c1ccc(CN2CCN(Cc3nnnn3C3CC3)CC2)nc1. The summed E-state index contributed by atoms with van der Waals surface area (Å²) in [7, 11) is 0. The lowest BCUT2D eigenvalue weighted by Crippen LogP contribution is -2.45. The summed E-state index contributed by atoms with van der Waals surface area (Å²) in [5, 5.41) is 12.2. The van der Waals surface area contributed by atoms with Gasteiger partial charge in [0.25, 0.3) is 0 Å². The molecular weight excluding hydrogens is 278 g/mol. The van der Waals surface area contributed by atoms with Gasteiger partial charge in [-0.25, -0.2) is 4.68 Å². The van der Waals surface area contributed by atoms with E-state index < -0.39 is 0 Å². The molecule has 22 heavy (non-hydrogen) atoms. The maximum atomic E-state index is 4.41. The molecule has 1 saturated carbocycles. The molecule has 0 bridgehead atoms. The minimum absolute atomic E-state index is 0.551. The van der Waals surface area contributed by atoms with E-state index in [0.29, 0.717) is 6.04 Å². The highest BCUT2D eigenvalue weighted by molar-refractivity contribution is 5.03. The minimum Gasteiger partial charge on any atom is -0.295 e. The van der Waals surface area contributed by atoms with E-state index in [-0.39, 0.29) is 0 Å². The first kappa shape index (κ1) is 13.8. The van der Waals surface area contributed by atoms with Crippen LogP contribution in [0.25, 0.3) is 0 Å². The normalized spacial score (nSPS) is 20.4. The lowest BCUT2D eigenvalue weighted by molar-refractivity contribution is 0.117. The van der Waals surface area contributed by atoms with Crippen molar-refractivity contribution in [1.82, 2.24) is 35.0 Å². The molecule has 3 heterocycles. The van der Waals surface area contributed by atoms with Crippen molar-refractivity contribution in [2.75, 3.05) is 26.2 Å². The van der Waals surface area contributed by atoms with Crippen molar-refractivity contribution in [2.24, 2.45) is 0 Å². The molecule has 2 fully saturated rings. The standard InChI is InChI=1S/C15H21N7/c1-2-6-16-13(3-1)11-20-7-9-21(10-8-20)12-15-17-18-19-22(15)14-4-5-14/h1-3,6,14H,4-5,7-12H2. The molecule has 0 aromatic carbocycles. The van der Waals surface area contributed by atoms with Gasteiger partial charge in [0.15, 0.2) is 5.82 Å². The molecule has 4 rings (SSSR count). The second-order valence-corrected chi connectivity index (χ2v) is 6.14. The van der Waals surface area contributed by atoms with Crippen LogP contribution in [-0.4, -0.2) is 61.2 Å². The van der Waals surface area contributed by atoms with E-state index >= 15 is 0 Å². The highest BCUT2D eigenvalue weighted by Crippen LogP contribution is 2.34. The van der Waals surface area contributed by atoms with Crippen LogP contribution in [0.4, 0.5) is 0 Å². The molecule has 2 aromatic rings. The van der Waals surface area contributed by atoms with Gasteiger partial charge in [0.1, 0.15) is 0 Å². The predicted octanol–water partition coefficient (Wildman–Crippen LogP) is 0.721. The van der Waals surface area contributed by atoms with E-state index in [1.165, 1.54) is 12.8 Å². The maximum absolute atomic E-state index is 4.41. The molecule has 0 radical (unpaired) electrons. The van der Waals surface area contributed by atoms with Crippen LogP contribution >= 0.6 is 0 Å². The number of piperazine rings is 1. The van der Waals surface area contributed by atoms with Crippen molar-refractivity contribution in [2.45, 2.75) is 32.0 Å². The van der Waals surface area contributed by atoms with Crippen LogP contribution in [0.15, 0.2) is 24.4 Å². The number of nitrogens with zero attached hydrogens (tertiary/aromatic N) is 7. The second kappa shape index (κ2) is 6.10. The molecule has 0 N–H and O–H groups in total. The molecule has 0 spiro atoms. The van der Waals surface area contributed by atoms with Crippen LogP contribution in [0.2, 0.25) is 0 Å². The molecule has 116 valence electrons. The third-order valence-corrected chi connectivity index (χ3v) is 4.40. The molecule has 0 atom stereocenters. The summed E-state index contributed by atoms with van der Waals surface area (Å²) >= 11 is 0. The topological polar surface area (TPSA) is 63.0 Å². The van der Waals surface area contributed by atoms with Crippen molar-refractivity contribution in [3.05, 3.63) is 35.9 Å². The Balaban J connectivity index is 1.29. The number of hydrogen-bond acceptors (Lipinski definition) is 6. The molecular formula is C15H21N7. The van der Waals surface area contributed by atoms with E-state index in [2.05, 4.69) is 42.4 Å². The van der Waals surface area contributed by atoms with Gasteiger partial charge in [-0.2, -0.15) is 0 Å². The van der Waals surface area contributed by atoms with Crippen molar-refractivity contribution in [1.29, 1.82) is 0 Å². The minimum atomic E-state index is 0.551. The first-order valence-electron chi connectivity index (χ1n) is 8.00. The maximum Gasteiger partial charge on any atom is 0.165 e. The van der Waals surface area contributed by atoms with Gasteiger partial charge in [0, 0.05) is 38.9 Å². The van der Waals surface area contributed by atoms with E-state index in [9.17, 15) is 0 Å². The molecule has 7 heteroatoms. The van der Waals surface area contributed by atoms with Gasteiger partial charge in [-0.1, -0.05) is 6.07 Å². The molecule has 2 aliphatic rings. The summed E-state index contributed by atoms with van der Waals surface area (Å²) < 4.78 is 2.01. The fourth-order valence-corrected chi connectivity index (χ4v) is 2.95. The molecule has 7 nitrogen and oxygen atoms in total. The first-order valence-corrected chi connectivity index (χ1v) is 8.00. The Morgan fingerprint density at radius 3 is 2.45 bits per heavy atom. The zero-order valence-corrected chi connectivity index (χ0v) is 12.7. The van der Waals surface area contributed by atoms with Crippen molar-refractivity contribution < 1.29 is 0 Å². The van der Waals surface area contributed by atoms with Gasteiger partial charge < -0.3 is 0 Å². The second-order valence-electron chi connectivity index (χ2n) is 6.14. The Morgan fingerprint density at radius 2 is 1.77 bits per heavy atom. The summed E-state index contributed by atoms with van der Waals surface area (Å²) in [5.41, 5.74) is 1.15. The Hall–Kier alpha value is -1.86. The lowest BCUT2D eigenvalue weighted by atomic mass is 10.2. The zero-order valence-electron chi connectivity index (χ0n) is 12.7. The number of tetrazole rings is 1. The van der Waals surface area contributed by atoms with Gasteiger partial charge in [-0.3, -0.25) is 14.8 Å². The van der Waals surface area contributed by atoms with Crippen LogP contribution in [0.5, 0.6) is 0 Å². The third kappa shape index (κ3) is 3.15. The summed E-state index contributed by atoms with van der Waals surface area (Å²) in [6, 6.07) is 6.66. The highest BCUT2D eigenvalue weighted by Gasteiger charge is 2.28. The van der Waals surface area contributed by atoms with Crippen LogP contribution in [-0.2, 0) is 13.1 Å². The van der Waals surface area contributed by atoms with E-state index in [1.807, 2.05) is 16.9 Å². The summed E-state index contributed by atoms with van der Waals surface area (Å²) in [6.07, 6.45) is 4.30. The largest absolute Gasteiger partial charge is 0.295 e. The molecule has 1 aliphatic carbocycles. The van der Waals surface area contributed by atoms with E-state index in [1.54, 1.807) is 0 Å².